The van der Waals surface area contributed by atoms with Crippen molar-refractivity contribution >= 4 is 29.2 Å². The minimum Gasteiger partial charge on any atom is -0.486 e. The molecule has 0 aliphatic heterocycles. The van der Waals surface area contributed by atoms with E-state index in [0.717, 1.165) is 0 Å². The summed E-state index contributed by atoms with van der Waals surface area (Å²) in [7, 11) is 0. The molecule has 1 aromatic rings. The van der Waals surface area contributed by atoms with Gasteiger partial charge >= 0.3 is 5.97 Å². The highest BCUT2D eigenvalue weighted by molar-refractivity contribution is 6.35. The molecule has 6 heteroatoms. The van der Waals surface area contributed by atoms with Crippen molar-refractivity contribution in [3.05, 3.63) is 52.0 Å². The number of halogens is 2. The molecule has 0 amide bonds. The van der Waals surface area contributed by atoms with Crippen LogP contribution in [0.2, 0.25) is 10.0 Å². The van der Waals surface area contributed by atoms with Crippen molar-refractivity contribution in [1.29, 1.82) is 0 Å². The number of carbonyl (C=O) groups is 1. The highest BCUT2D eigenvalue weighted by Crippen LogP contribution is 2.31. The number of carbonyl (C=O) groups excluding carboxylic acids is 1. The van der Waals surface area contributed by atoms with Crippen molar-refractivity contribution in [3.8, 4) is 5.75 Å². The lowest BCUT2D eigenvalue weighted by molar-refractivity contribution is -0.148. The van der Waals surface area contributed by atoms with Gasteiger partial charge in [-0.2, -0.15) is 0 Å². The van der Waals surface area contributed by atoms with Gasteiger partial charge in [-0.1, -0.05) is 60.9 Å². The second-order valence-electron chi connectivity index (χ2n) is 7.07. The Bertz CT molecular complexity index is 685. The van der Waals surface area contributed by atoms with Crippen molar-refractivity contribution in [2.75, 3.05) is 6.54 Å². The molecule has 0 saturated carbocycles. The van der Waals surface area contributed by atoms with Gasteiger partial charge in [0.2, 0.25) is 0 Å². The molecule has 0 spiro atoms. The third-order valence-electron chi connectivity index (χ3n) is 3.74. The van der Waals surface area contributed by atoms with Gasteiger partial charge < -0.3 is 15.2 Å². The first-order chi connectivity index (χ1) is 13.6. The van der Waals surface area contributed by atoms with E-state index in [0.29, 0.717) is 22.2 Å². The third kappa shape index (κ3) is 12.6. The van der Waals surface area contributed by atoms with Crippen molar-refractivity contribution < 1.29 is 14.3 Å². The van der Waals surface area contributed by atoms with Gasteiger partial charge in [0.15, 0.2) is 0 Å². The van der Waals surface area contributed by atoms with Crippen LogP contribution in [0.3, 0.4) is 0 Å². The van der Waals surface area contributed by atoms with E-state index in [2.05, 4.69) is 25.2 Å². The van der Waals surface area contributed by atoms with E-state index in [4.69, 9.17) is 38.4 Å². The monoisotopic (exact) mass is 443 g/mol. The largest absolute Gasteiger partial charge is 0.486 e. The van der Waals surface area contributed by atoms with Gasteiger partial charge in [-0.05, 0) is 58.7 Å². The topological polar surface area (TPSA) is 61.5 Å². The molecule has 1 aliphatic carbocycles. The van der Waals surface area contributed by atoms with Crippen molar-refractivity contribution in [1.82, 2.24) is 0 Å². The minimum atomic E-state index is -0.550. The summed E-state index contributed by atoms with van der Waals surface area (Å²) >= 11 is 11.9. The Morgan fingerprint density at radius 2 is 1.90 bits per heavy atom. The Balaban J connectivity index is 0.000000722. The fourth-order valence-electron chi connectivity index (χ4n) is 2.65. The van der Waals surface area contributed by atoms with Crippen LogP contribution in [0.5, 0.6) is 5.75 Å². The Kier molecular flexibility index (Phi) is 13.7. The van der Waals surface area contributed by atoms with Gasteiger partial charge in [0.1, 0.15) is 17.5 Å². The first-order valence-electron chi connectivity index (χ1n) is 10.00. The fraction of sp³-hybridized carbons (Fsp3) is 0.522. The number of hydrogen-bond acceptors (Lipinski definition) is 4. The molecule has 29 heavy (non-hydrogen) atoms. The summed E-state index contributed by atoms with van der Waals surface area (Å²) in [5.41, 5.74) is 6.06. The summed E-state index contributed by atoms with van der Waals surface area (Å²) in [6.07, 6.45) is 9.34. The highest BCUT2D eigenvalue weighted by atomic mass is 35.5. The molecule has 2 N–H and O–H groups in total. The van der Waals surface area contributed by atoms with Crippen molar-refractivity contribution in [3.63, 3.8) is 0 Å². The number of rotatable bonds is 6. The highest BCUT2D eigenvalue weighted by Gasteiger charge is 2.25. The summed E-state index contributed by atoms with van der Waals surface area (Å²) in [4.78, 5) is 11.1. The van der Waals surface area contributed by atoms with E-state index in [9.17, 15) is 4.79 Å². The lowest BCUT2D eigenvalue weighted by Crippen LogP contribution is -2.35. The van der Waals surface area contributed by atoms with Gasteiger partial charge in [-0.3, -0.25) is 4.79 Å². The molecule has 1 aromatic carbocycles. The predicted octanol–water partition coefficient (Wildman–Crippen LogP) is 6.74. The van der Waals surface area contributed by atoms with Crippen LogP contribution >= 0.6 is 23.2 Å². The van der Waals surface area contributed by atoms with Gasteiger partial charge in [-0.15, -0.1) is 0 Å². The molecule has 2 rings (SSSR count). The summed E-state index contributed by atoms with van der Waals surface area (Å²) in [6, 6.07) is 5.03. The zero-order chi connectivity index (χ0) is 22.4. The van der Waals surface area contributed by atoms with Crippen LogP contribution in [0, 0.1) is 0 Å². The normalized spacial score (nSPS) is 13.8. The SMILES string of the molecule is CC.CC(CC(C)(C)Oc1ccc(Cl)cc1Cl)OC(=O)CN.CC1=CCCC=C1. The molecule has 0 saturated heterocycles. The zero-order valence-corrected chi connectivity index (χ0v) is 19.9. The second kappa shape index (κ2) is 14.5. The molecular weight excluding hydrogens is 409 g/mol. The van der Waals surface area contributed by atoms with Gasteiger partial charge in [0.05, 0.1) is 11.6 Å². The predicted molar refractivity (Wildman–Crippen MR) is 124 cm³/mol. The summed E-state index contributed by atoms with van der Waals surface area (Å²) in [6.45, 7) is 11.6. The van der Waals surface area contributed by atoms with E-state index in [1.54, 1.807) is 25.1 Å². The van der Waals surface area contributed by atoms with Crippen molar-refractivity contribution in [2.45, 2.75) is 72.5 Å². The molecule has 1 unspecified atom stereocenters. The van der Waals surface area contributed by atoms with E-state index in [1.165, 1.54) is 18.4 Å². The quantitative estimate of drug-likeness (QED) is 0.494. The molecular formula is C23H35Cl2NO3. The number of nitrogens with two attached hydrogens (primary N) is 1. The molecule has 0 radical (unpaired) electrons. The van der Waals surface area contributed by atoms with Gasteiger partial charge in [-0.25, -0.2) is 0 Å². The number of ether oxygens (including phenoxy) is 2. The number of allylic oxidation sites excluding steroid dienone is 4. The second-order valence-corrected chi connectivity index (χ2v) is 7.92. The summed E-state index contributed by atoms with van der Waals surface area (Å²) in [5.74, 6) is 0.108. The maximum Gasteiger partial charge on any atom is 0.319 e. The number of benzene rings is 1. The van der Waals surface area contributed by atoms with Crippen LogP contribution < -0.4 is 10.5 Å². The first kappa shape index (κ1) is 27.5. The number of hydrogen-bond donors (Lipinski definition) is 1. The standard InChI is InChI=1S/C14H19Cl2NO3.C7H10.C2H6/c1-9(19-13(18)8-17)7-14(2,3)20-12-5-4-10(15)6-11(12)16;1-7-5-3-2-4-6-7;1-2/h4-6,9H,7-8,17H2,1-3H3;3,5-6H,2,4H2,1H3;1-2H3. The third-order valence-corrected chi connectivity index (χ3v) is 4.27. The van der Waals surface area contributed by atoms with Crippen LogP contribution in [0.15, 0.2) is 42.0 Å². The number of esters is 1. The molecule has 1 atom stereocenters. The fourth-order valence-corrected chi connectivity index (χ4v) is 3.10. The van der Waals surface area contributed by atoms with E-state index in [1.807, 2.05) is 27.7 Å². The van der Waals surface area contributed by atoms with Crippen LogP contribution in [0.1, 0.15) is 60.8 Å². The van der Waals surface area contributed by atoms with Crippen LogP contribution in [-0.4, -0.2) is 24.2 Å². The van der Waals surface area contributed by atoms with E-state index >= 15 is 0 Å². The Morgan fingerprint density at radius 1 is 1.24 bits per heavy atom. The Morgan fingerprint density at radius 3 is 2.34 bits per heavy atom. The molecule has 0 heterocycles. The van der Waals surface area contributed by atoms with Gasteiger partial charge in [0.25, 0.3) is 0 Å². The smallest absolute Gasteiger partial charge is 0.319 e. The van der Waals surface area contributed by atoms with Crippen LogP contribution in [-0.2, 0) is 9.53 Å². The lowest BCUT2D eigenvalue weighted by Gasteiger charge is -2.29. The maximum atomic E-state index is 11.1. The van der Waals surface area contributed by atoms with Gasteiger partial charge in [0, 0.05) is 11.4 Å². The van der Waals surface area contributed by atoms with Crippen molar-refractivity contribution in [2.24, 2.45) is 5.73 Å². The molecule has 0 fully saturated rings. The first-order valence-corrected chi connectivity index (χ1v) is 10.8. The summed E-state index contributed by atoms with van der Waals surface area (Å²) in [5, 5.41) is 0.989. The van der Waals surface area contributed by atoms with Crippen LogP contribution in [0.25, 0.3) is 0 Å². The van der Waals surface area contributed by atoms with Crippen LogP contribution in [0.4, 0.5) is 0 Å². The zero-order valence-electron chi connectivity index (χ0n) is 18.4. The average molecular weight is 444 g/mol. The average Bonchev–Trinajstić information content (AvgIpc) is 2.66. The van der Waals surface area contributed by atoms with E-state index in [-0.39, 0.29) is 12.6 Å². The molecule has 4 nitrogen and oxygen atoms in total. The lowest BCUT2D eigenvalue weighted by atomic mass is 10.0. The van der Waals surface area contributed by atoms with E-state index < -0.39 is 11.6 Å². The Labute approximate surface area is 186 Å². The molecule has 1 aliphatic rings. The maximum absolute atomic E-state index is 11.1. The molecule has 0 aromatic heterocycles. The molecule has 0 bridgehead atoms. The summed E-state index contributed by atoms with van der Waals surface area (Å²) < 4.78 is 11.0. The molecule has 164 valence electrons. The Hall–Kier alpha value is -1.49. The minimum absolute atomic E-state index is 0.130.